The summed E-state index contributed by atoms with van der Waals surface area (Å²) in [7, 11) is 0. The number of aromatic hydroxyl groups is 2. The summed E-state index contributed by atoms with van der Waals surface area (Å²) in [5.41, 5.74) is 5.82. The van der Waals surface area contributed by atoms with Crippen LogP contribution in [0.2, 0.25) is 0 Å². The molecule has 0 saturated heterocycles. The summed E-state index contributed by atoms with van der Waals surface area (Å²) < 4.78 is 0. The summed E-state index contributed by atoms with van der Waals surface area (Å²) in [6.45, 7) is 5.50. The van der Waals surface area contributed by atoms with Crippen molar-refractivity contribution in [3.05, 3.63) is 47.0 Å². The zero-order valence-corrected chi connectivity index (χ0v) is 13.7. The predicted octanol–water partition coefficient (Wildman–Crippen LogP) is 4.54. The van der Waals surface area contributed by atoms with Gasteiger partial charge in [0.15, 0.2) is 11.5 Å². The minimum atomic E-state index is -0.0322. The van der Waals surface area contributed by atoms with Crippen LogP contribution in [-0.4, -0.2) is 21.7 Å². The van der Waals surface area contributed by atoms with E-state index in [-0.39, 0.29) is 11.5 Å². The number of rotatable bonds is 3. The van der Waals surface area contributed by atoms with Gasteiger partial charge in [-0.3, -0.25) is 4.90 Å². The first-order chi connectivity index (χ1) is 11.2. The van der Waals surface area contributed by atoms with Gasteiger partial charge in [0.05, 0.1) is 0 Å². The van der Waals surface area contributed by atoms with E-state index in [1.807, 2.05) is 6.07 Å². The molecular formula is C20H23NO2. The van der Waals surface area contributed by atoms with Crippen molar-refractivity contribution in [2.24, 2.45) is 0 Å². The highest BCUT2D eigenvalue weighted by molar-refractivity contribution is 5.82. The maximum Gasteiger partial charge on any atom is 0.165 e. The number of benzene rings is 2. The van der Waals surface area contributed by atoms with Gasteiger partial charge < -0.3 is 10.2 Å². The van der Waals surface area contributed by atoms with Crippen LogP contribution >= 0.6 is 0 Å². The zero-order valence-electron chi connectivity index (χ0n) is 13.7. The lowest BCUT2D eigenvalue weighted by molar-refractivity contribution is 0.160. The van der Waals surface area contributed by atoms with E-state index in [9.17, 15) is 10.2 Å². The summed E-state index contributed by atoms with van der Waals surface area (Å²) >= 11 is 0. The Bertz CT molecular complexity index is 768. The van der Waals surface area contributed by atoms with Crippen molar-refractivity contribution in [1.29, 1.82) is 0 Å². The molecule has 0 radical (unpaired) electrons. The molecule has 1 aliphatic carbocycles. The Morgan fingerprint density at radius 3 is 2.70 bits per heavy atom. The third kappa shape index (κ3) is 1.93. The van der Waals surface area contributed by atoms with Gasteiger partial charge in [0.1, 0.15) is 0 Å². The fourth-order valence-corrected chi connectivity index (χ4v) is 4.58. The standard InChI is InChI=1S/C20H23NO2/c1-3-6-15-13-7-5-8-14-18-12(9-10-17(22)20(18)23)11-16(19(13)14)21(15)4-2/h5,7-10,15-16,22-23H,3-4,6,11H2,1-2H3/t15-,16+/m0/s1. The van der Waals surface area contributed by atoms with Crippen LogP contribution in [0.15, 0.2) is 30.3 Å². The number of likely N-dealkylation sites (N-methyl/N-ethyl adjacent to an activating group) is 1. The quantitative estimate of drug-likeness (QED) is 0.818. The van der Waals surface area contributed by atoms with Crippen molar-refractivity contribution in [3.63, 3.8) is 0 Å². The zero-order chi connectivity index (χ0) is 16.1. The first-order valence-electron chi connectivity index (χ1n) is 8.60. The van der Waals surface area contributed by atoms with Crippen molar-refractivity contribution < 1.29 is 10.2 Å². The van der Waals surface area contributed by atoms with Crippen LogP contribution in [0.4, 0.5) is 0 Å². The van der Waals surface area contributed by atoms with Gasteiger partial charge in [0, 0.05) is 17.6 Å². The van der Waals surface area contributed by atoms with Gasteiger partial charge >= 0.3 is 0 Å². The molecular weight excluding hydrogens is 286 g/mol. The molecule has 2 N–H and O–H groups in total. The fraction of sp³-hybridized carbons (Fsp3) is 0.400. The average molecular weight is 309 g/mol. The van der Waals surface area contributed by atoms with E-state index in [4.69, 9.17) is 0 Å². The molecule has 0 aromatic heterocycles. The molecule has 0 unspecified atom stereocenters. The normalized spacial score (nSPS) is 22.0. The second-order valence-electron chi connectivity index (χ2n) is 6.63. The van der Waals surface area contributed by atoms with Crippen LogP contribution < -0.4 is 0 Å². The molecule has 0 bridgehead atoms. The fourth-order valence-electron chi connectivity index (χ4n) is 4.58. The maximum absolute atomic E-state index is 10.4. The molecule has 1 aliphatic heterocycles. The Morgan fingerprint density at radius 1 is 1.13 bits per heavy atom. The smallest absolute Gasteiger partial charge is 0.165 e. The highest BCUT2D eigenvalue weighted by atomic mass is 16.3. The number of hydrogen-bond donors (Lipinski definition) is 2. The molecule has 2 aromatic rings. The molecule has 1 heterocycles. The predicted molar refractivity (Wildman–Crippen MR) is 91.7 cm³/mol. The molecule has 3 heteroatoms. The number of hydrogen-bond acceptors (Lipinski definition) is 3. The number of fused-ring (bicyclic) bond motifs is 2. The van der Waals surface area contributed by atoms with Crippen molar-refractivity contribution in [2.45, 2.75) is 45.2 Å². The molecule has 2 aromatic carbocycles. The van der Waals surface area contributed by atoms with Crippen molar-refractivity contribution in [1.82, 2.24) is 4.90 Å². The minimum Gasteiger partial charge on any atom is -0.504 e. The lowest BCUT2D eigenvalue weighted by Gasteiger charge is -2.32. The van der Waals surface area contributed by atoms with Crippen LogP contribution in [-0.2, 0) is 6.42 Å². The van der Waals surface area contributed by atoms with E-state index in [0.29, 0.717) is 12.1 Å². The van der Waals surface area contributed by atoms with E-state index in [1.54, 1.807) is 6.07 Å². The van der Waals surface area contributed by atoms with E-state index in [1.165, 1.54) is 11.1 Å². The van der Waals surface area contributed by atoms with Crippen LogP contribution in [0.5, 0.6) is 11.5 Å². The van der Waals surface area contributed by atoms with Gasteiger partial charge in [0.2, 0.25) is 0 Å². The Hall–Kier alpha value is -2.00. The van der Waals surface area contributed by atoms with Gasteiger partial charge in [-0.1, -0.05) is 44.5 Å². The molecule has 0 saturated carbocycles. The van der Waals surface area contributed by atoms with Crippen LogP contribution in [0.25, 0.3) is 11.1 Å². The minimum absolute atomic E-state index is 0.0244. The lowest BCUT2D eigenvalue weighted by atomic mass is 9.81. The molecule has 2 aliphatic rings. The monoisotopic (exact) mass is 309 g/mol. The average Bonchev–Trinajstić information content (AvgIpc) is 2.86. The van der Waals surface area contributed by atoms with Gasteiger partial charge in [-0.15, -0.1) is 0 Å². The van der Waals surface area contributed by atoms with Crippen LogP contribution in [0, 0.1) is 0 Å². The summed E-state index contributed by atoms with van der Waals surface area (Å²) in [4.78, 5) is 2.60. The van der Waals surface area contributed by atoms with E-state index < -0.39 is 0 Å². The van der Waals surface area contributed by atoms with Gasteiger partial charge in [-0.2, -0.15) is 0 Å². The first kappa shape index (κ1) is 14.6. The summed E-state index contributed by atoms with van der Waals surface area (Å²) in [6, 6.07) is 10.8. The second-order valence-corrected chi connectivity index (χ2v) is 6.63. The number of phenols is 2. The Morgan fingerprint density at radius 2 is 1.96 bits per heavy atom. The Balaban J connectivity index is 1.96. The summed E-state index contributed by atoms with van der Waals surface area (Å²) in [5.74, 6) is -0.00778. The number of phenolic OH excluding ortho intramolecular Hbond substituents is 2. The molecule has 4 rings (SSSR count). The van der Waals surface area contributed by atoms with Crippen molar-refractivity contribution >= 4 is 0 Å². The highest BCUT2D eigenvalue weighted by Crippen LogP contribution is 2.55. The molecule has 0 fully saturated rings. The van der Waals surface area contributed by atoms with Gasteiger partial charge in [-0.05, 0) is 47.7 Å². The van der Waals surface area contributed by atoms with Crippen LogP contribution in [0.1, 0.15) is 55.5 Å². The largest absolute Gasteiger partial charge is 0.504 e. The molecule has 3 nitrogen and oxygen atoms in total. The van der Waals surface area contributed by atoms with E-state index in [2.05, 4.69) is 36.9 Å². The molecule has 0 amide bonds. The highest BCUT2D eigenvalue weighted by Gasteiger charge is 2.41. The first-order valence-corrected chi connectivity index (χ1v) is 8.60. The maximum atomic E-state index is 10.4. The Kier molecular flexibility index (Phi) is 3.34. The summed E-state index contributed by atoms with van der Waals surface area (Å²) in [5, 5.41) is 20.3. The summed E-state index contributed by atoms with van der Waals surface area (Å²) in [6.07, 6.45) is 3.23. The lowest BCUT2D eigenvalue weighted by Crippen LogP contribution is -2.28. The molecule has 2 atom stereocenters. The topological polar surface area (TPSA) is 43.7 Å². The SMILES string of the molecule is CCC[C@H]1c2cccc3c2[C@@H](Cc2ccc(O)c(O)c2-3)N1CC. The Labute approximate surface area is 137 Å². The van der Waals surface area contributed by atoms with E-state index in [0.717, 1.165) is 42.5 Å². The third-order valence-electron chi connectivity index (χ3n) is 5.49. The van der Waals surface area contributed by atoms with Crippen LogP contribution in [0.3, 0.4) is 0 Å². The van der Waals surface area contributed by atoms with Gasteiger partial charge in [-0.25, -0.2) is 0 Å². The van der Waals surface area contributed by atoms with Gasteiger partial charge in [0.25, 0.3) is 0 Å². The molecule has 23 heavy (non-hydrogen) atoms. The van der Waals surface area contributed by atoms with Crippen molar-refractivity contribution in [2.75, 3.05) is 6.54 Å². The third-order valence-corrected chi connectivity index (χ3v) is 5.49. The molecule has 0 spiro atoms. The second kappa shape index (κ2) is 5.27. The van der Waals surface area contributed by atoms with E-state index >= 15 is 0 Å². The molecule has 120 valence electrons. The van der Waals surface area contributed by atoms with Crippen molar-refractivity contribution in [3.8, 4) is 22.6 Å². The number of nitrogens with zero attached hydrogens (tertiary/aromatic N) is 1.